The number of guanidine groups is 1. The van der Waals surface area contributed by atoms with Crippen LogP contribution in [0.15, 0.2) is 27.2 Å². The number of aryl methyl sites for hydroxylation is 2. The van der Waals surface area contributed by atoms with Crippen molar-refractivity contribution in [3.8, 4) is 0 Å². The molecule has 0 saturated heterocycles. The van der Waals surface area contributed by atoms with Crippen molar-refractivity contribution in [1.29, 1.82) is 0 Å². The molecule has 0 aliphatic rings. The smallest absolute Gasteiger partial charge is 0.191 e. The molecule has 5 nitrogen and oxygen atoms in total. The van der Waals surface area contributed by atoms with Crippen molar-refractivity contribution in [3.63, 3.8) is 0 Å². The molecular formula is C18H29IN4OS2. The zero-order valence-corrected chi connectivity index (χ0v) is 19.6. The largest absolute Gasteiger partial charge is 0.383 e. The molecule has 0 bridgehead atoms. The van der Waals surface area contributed by atoms with E-state index in [-0.39, 0.29) is 24.0 Å². The van der Waals surface area contributed by atoms with Gasteiger partial charge in [-0.3, -0.25) is 0 Å². The van der Waals surface area contributed by atoms with Gasteiger partial charge in [0.05, 0.1) is 11.6 Å². The van der Waals surface area contributed by atoms with E-state index in [2.05, 4.69) is 26.0 Å². The maximum Gasteiger partial charge on any atom is 0.191 e. The molecule has 146 valence electrons. The molecule has 0 aliphatic carbocycles. The average molecular weight is 508 g/mol. The minimum absolute atomic E-state index is 0. The first kappa shape index (κ1) is 23.3. The van der Waals surface area contributed by atoms with Gasteiger partial charge < -0.3 is 15.7 Å². The van der Waals surface area contributed by atoms with E-state index in [0.717, 1.165) is 49.6 Å². The maximum absolute atomic E-state index is 10.6. The lowest BCUT2D eigenvalue weighted by Crippen LogP contribution is -2.39. The summed E-state index contributed by atoms with van der Waals surface area (Å²) in [5, 5.41) is 24.4. The van der Waals surface area contributed by atoms with Gasteiger partial charge in [0.25, 0.3) is 0 Å². The summed E-state index contributed by atoms with van der Waals surface area (Å²) in [7, 11) is 0. The first-order chi connectivity index (χ1) is 12.0. The number of unbranched alkanes of at least 4 members (excludes halogenated alkanes) is 1. The minimum Gasteiger partial charge on any atom is -0.383 e. The van der Waals surface area contributed by atoms with E-state index < -0.39 is 5.60 Å². The SMILES string of the molecule is CCNC(=NCC(C)(O)c1ccsc1)NCCCCc1nc(C)cs1.I. The normalized spacial score (nSPS) is 13.8. The first-order valence-corrected chi connectivity index (χ1v) is 10.5. The van der Waals surface area contributed by atoms with Gasteiger partial charge in [0.1, 0.15) is 5.60 Å². The molecule has 2 heterocycles. The van der Waals surface area contributed by atoms with Crippen LogP contribution in [0.5, 0.6) is 0 Å². The molecule has 1 atom stereocenters. The van der Waals surface area contributed by atoms with E-state index >= 15 is 0 Å². The lowest BCUT2D eigenvalue weighted by Gasteiger charge is -2.21. The molecule has 2 aromatic rings. The molecule has 8 heteroatoms. The van der Waals surface area contributed by atoms with Crippen molar-refractivity contribution in [2.45, 2.75) is 45.6 Å². The van der Waals surface area contributed by atoms with Crippen LogP contribution in [0.1, 0.15) is 43.0 Å². The number of thiazole rings is 1. The molecule has 0 aliphatic heterocycles. The monoisotopic (exact) mass is 508 g/mol. The first-order valence-electron chi connectivity index (χ1n) is 8.69. The molecule has 0 spiro atoms. The highest BCUT2D eigenvalue weighted by molar-refractivity contribution is 14.0. The Kier molecular flexibility index (Phi) is 10.7. The molecule has 1 unspecified atom stereocenters. The fourth-order valence-electron chi connectivity index (χ4n) is 2.36. The summed E-state index contributed by atoms with van der Waals surface area (Å²) in [6.07, 6.45) is 3.19. The van der Waals surface area contributed by atoms with Crippen molar-refractivity contribution >= 4 is 52.6 Å². The molecule has 0 amide bonds. The Hall–Kier alpha value is -0.710. The zero-order chi connectivity index (χ0) is 18.1. The Labute approximate surface area is 181 Å². The summed E-state index contributed by atoms with van der Waals surface area (Å²) in [6.45, 7) is 7.86. The molecule has 0 aromatic carbocycles. The van der Waals surface area contributed by atoms with Gasteiger partial charge in [-0.1, -0.05) is 0 Å². The number of aliphatic imine (C=N–C) groups is 1. The Bertz CT molecular complexity index is 656. The third-order valence-electron chi connectivity index (χ3n) is 3.81. The summed E-state index contributed by atoms with van der Waals surface area (Å²) in [5.41, 5.74) is 1.08. The van der Waals surface area contributed by atoms with E-state index in [1.807, 2.05) is 30.7 Å². The van der Waals surface area contributed by atoms with Crippen LogP contribution in [0, 0.1) is 6.92 Å². The number of aromatic nitrogens is 1. The topological polar surface area (TPSA) is 69.5 Å². The van der Waals surface area contributed by atoms with Crippen LogP contribution in [-0.4, -0.2) is 35.7 Å². The van der Waals surface area contributed by atoms with Crippen LogP contribution in [0.25, 0.3) is 0 Å². The van der Waals surface area contributed by atoms with Crippen molar-refractivity contribution in [3.05, 3.63) is 38.5 Å². The van der Waals surface area contributed by atoms with Gasteiger partial charge in [-0.05, 0) is 62.4 Å². The van der Waals surface area contributed by atoms with Crippen LogP contribution in [-0.2, 0) is 12.0 Å². The number of hydrogen-bond donors (Lipinski definition) is 3. The van der Waals surface area contributed by atoms with Gasteiger partial charge in [-0.15, -0.1) is 35.3 Å². The van der Waals surface area contributed by atoms with Gasteiger partial charge in [0, 0.05) is 24.2 Å². The second-order valence-corrected chi connectivity index (χ2v) is 7.97. The Balaban J connectivity index is 0.00000338. The van der Waals surface area contributed by atoms with E-state index in [0.29, 0.717) is 6.54 Å². The summed E-state index contributed by atoms with van der Waals surface area (Å²) >= 11 is 3.32. The quantitative estimate of drug-likeness (QED) is 0.208. The Morgan fingerprint density at radius 3 is 2.73 bits per heavy atom. The highest BCUT2D eigenvalue weighted by atomic mass is 127. The lowest BCUT2D eigenvalue weighted by atomic mass is 10.00. The molecule has 26 heavy (non-hydrogen) atoms. The van der Waals surface area contributed by atoms with Gasteiger partial charge in [-0.25, -0.2) is 9.98 Å². The second-order valence-electron chi connectivity index (χ2n) is 6.25. The van der Waals surface area contributed by atoms with Gasteiger partial charge in [0.15, 0.2) is 5.96 Å². The van der Waals surface area contributed by atoms with Crippen LogP contribution in [0.3, 0.4) is 0 Å². The maximum atomic E-state index is 10.6. The molecule has 0 fully saturated rings. The van der Waals surface area contributed by atoms with Gasteiger partial charge in [-0.2, -0.15) is 11.3 Å². The number of nitrogens with zero attached hydrogens (tertiary/aromatic N) is 2. The summed E-state index contributed by atoms with van der Waals surface area (Å²) < 4.78 is 0. The third-order valence-corrected chi connectivity index (χ3v) is 5.52. The highest BCUT2D eigenvalue weighted by Gasteiger charge is 2.23. The molecule has 2 aromatic heterocycles. The summed E-state index contributed by atoms with van der Waals surface area (Å²) in [6, 6.07) is 1.95. The Morgan fingerprint density at radius 2 is 2.12 bits per heavy atom. The molecular weight excluding hydrogens is 479 g/mol. The van der Waals surface area contributed by atoms with E-state index in [1.54, 1.807) is 29.6 Å². The number of rotatable bonds is 9. The average Bonchev–Trinajstić information content (AvgIpc) is 3.24. The number of aliphatic hydroxyl groups is 1. The van der Waals surface area contributed by atoms with E-state index in [9.17, 15) is 5.11 Å². The number of halogens is 1. The predicted octanol–water partition coefficient (Wildman–Crippen LogP) is 3.92. The predicted molar refractivity (Wildman–Crippen MR) is 123 cm³/mol. The summed E-state index contributed by atoms with van der Waals surface area (Å²) in [4.78, 5) is 9.03. The minimum atomic E-state index is -0.939. The van der Waals surface area contributed by atoms with Crippen molar-refractivity contribution in [2.75, 3.05) is 19.6 Å². The zero-order valence-electron chi connectivity index (χ0n) is 15.6. The van der Waals surface area contributed by atoms with Crippen LogP contribution in [0.2, 0.25) is 0 Å². The van der Waals surface area contributed by atoms with Crippen molar-refractivity contribution in [1.82, 2.24) is 15.6 Å². The molecule has 0 radical (unpaired) electrons. The third kappa shape index (κ3) is 7.89. The van der Waals surface area contributed by atoms with Crippen LogP contribution < -0.4 is 10.6 Å². The van der Waals surface area contributed by atoms with Gasteiger partial charge in [0.2, 0.25) is 0 Å². The van der Waals surface area contributed by atoms with E-state index in [4.69, 9.17) is 0 Å². The number of hydrogen-bond acceptors (Lipinski definition) is 5. The van der Waals surface area contributed by atoms with Gasteiger partial charge >= 0.3 is 0 Å². The molecule has 2 rings (SSSR count). The standard InChI is InChI=1S/C18H28N4OS2.HI/c1-4-19-17(21-13-18(3,23)15-8-10-24-12-15)20-9-6-5-7-16-22-14(2)11-25-16;/h8,10-12,23H,4-7,9,13H2,1-3H3,(H2,19,20,21);1H. The lowest BCUT2D eigenvalue weighted by molar-refractivity contribution is 0.0677. The molecule has 0 saturated carbocycles. The number of nitrogens with one attached hydrogen (secondary N) is 2. The van der Waals surface area contributed by atoms with Crippen LogP contribution >= 0.6 is 46.7 Å². The molecule has 3 N–H and O–H groups in total. The van der Waals surface area contributed by atoms with Crippen molar-refractivity contribution < 1.29 is 5.11 Å². The highest BCUT2D eigenvalue weighted by Crippen LogP contribution is 2.23. The van der Waals surface area contributed by atoms with Crippen molar-refractivity contribution in [2.24, 2.45) is 4.99 Å². The van der Waals surface area contributed by atoms with Crippen LogP contribution in [0.4, 0.5) is 0 Å². The summed E-state index contributed by atoms with van der Waals surface area (Å²) in [5.74, 6) is 0.753. The second kappa shape index (κ2) is 11.9. The van der Waals surface area contributed by atoms with E-state index in [1.165, 1.54) is 5.01 Å². The Morgan fingerprint density at radius 1 is 1.31 bits per heavy atom. The fraction of sp³-hybridized carbons (Fsp3) is 0.556. The fourth-order valence-corrected chi connectivity index (χ4v) is 3.96. The number of thiophene rings is 1.